The fourth-order valence-electron chi connectivity index (χ4n) is 1.05. The minimum absolute atomic E-state index is 0.366. The maximum Gasteiger partial charge on any atom is 0.303 e. The number of hydrogen-bond donors (Lipinski definition) is 0. The molecular weight excluding hydrogens is 257 g/mol. The number of aromatic nitrogens is 3. The molecule has 0 bridgehead atoms. The first-order valence-corrected chi connectivity index (χ1v) is 4.62. The van der Waals surface area contributed by atoms with Gasteiger partial charge >= 0.3 is 6.01 Å². The van der Waals surface area contributed by atoms with Crippen molar-refractivity contribution >= 4 is 33.0 Å². The van der Waals surface area contributed by atoms with Gasteiger partial charge in [0, 0.05) is 0 Å². The van der Waals surface area contributed by atoms with Crippen molar-refractivity contribution in [3.8, 4) is 6.01 Å². The molecule has 6 heteroatoms. The van der Waals surface area contributed by atoms with Gasteiger partial charge in [-0.25, -0.2) is 4.98 Å². The summed E-state index contributed by atoms with van der Waals surface area (Å²) in [6, 6.07) is 0.417. The molecule has 0 saturated heterocycles. The van der Waals surface area contributed by atoms with E-state index in [1.165, 1.54) is 7.11 Å². The van der Waals surface area contributed by atoms with E-state index < -0.39 is 0 Å². The topological polar surface area (TPSA) is 39.4 Å². The summed E-state index contributed by atoms with van der Waals surface area (Å²) in [7, 11) is 1.53. The summed E-state index contributed by atoms with van der Waals surface area (Å²) in [5, 5.41) is 0.366. The Morgan fingerprint density at radius 2 is 2.38 bits per heavy atom. The molecule has 0 aliphatic rings. The van der Waals surface area contributed by atoms with E-state index in [9.17, 15) is 0 Å². The Hall–Kier alpha value is -0.810. The number of halogens is 2. The molecule has 0 spiro atoms. The molecule has 0 amide bonds. The van der Waals surface area contributed by atoms with E-state index in [-0.39, 0.29) is 0 Å². The molecule has 2 aromatic heterocycles. The van der Waals surface area contributed by atoms with Gasteiger partial charge in [0.15, 0.2) is 5.15 Å². The molecule has 13 heavy (non-hydrogen) atoms. The number of methoxy groups -OCH3 is 1. The third kappa shape index (κ3) is 1.28. The van der Waals surface area contributed by atoms with Crippen LogP contribution in [0.25, 0.3) is 5.52 Å². The van der Waals surface area contributed by atoms with Crippen LogP contribution in [0, 0.1) is 0 Å². The third-order valence-corrected chi connectivity index (χ3v) is 2.91. The summed E-state index contributed by atoms with van der Waals surface area (Å²) in [6.07, 6.45) is 3.29. The van der Waals surface area contributed by atoms with Crippen molar-refractivity contribution in [3.63, 3.8) is 0 Å². The third-order valence-electron chi connectivity index (χ3n) is 1.63. The van der Waals surface area contributed by atoms with Crippen LogP contribution in [0.15, 0.2) is 17.0 Å². The fraction of sp³-hybridized carbons (Fsp3) is 0.143. The molecular formula is C7H5BrClN3O. The van der Waals surface area contributed by atoms with Crippen LogP contribution in [0.3, 0.4) is 0 Å². The Morgan fingerprint density at radius 1 is 1.62 bits per heavy atom. The Balaban J connectivity index is 2.87. The second-order valence-corrected chi connectivity index (χ2v) is 3.50. The maximum atomic E-state index is 5.85. The molecule has 0 saturated carbocycles. The van der Waals surface area contributed by atoms with Gasteiger partial charge in [-0.2, -0.15) is 4.98 Å². The number of nitrogens with zero attached hydrogens (tertiary/aromatic N) is 3. The predicted octanol–water partition coefficient (Wildman–Crippen LogP) is 2.15. The van der Waals surface area contributed by atoms with Crippen molar-refractivity contribution in [1.82, 2.24) is 14.4 Å². The summed E-state index contributed by atoms with van der Waals surface area (Å²) in [5.74, 6) is 0. The smallest absolute Gasteiger partial charge is 0.303 e. The summed E-state index contributed by atoms with van der Waals surface area (Å²) < 4.78 is 7.45. The molecule has 0 unspecified atom stereocenters. The number of ether oxygens (including phenoxy) is 1. The first-order chi connectivity index (χ1) is 6.24. The highest BCUT2D eigenvalue weighted by Crippen LogP contribution is 2.28. The van der Waals surface area contributed by atoms with Gasteiger partial charge < -0.3 is 4.74 Å². The molecule has 0 fully saturated rings. The molecule has 2 heterocycles. The fourth-order valence-corrected chi connectivity index (χ4v) is 1.60. The van der Waals surface area contributed by atoms with Crippen molar-refractivity contribution in [1.29, 1.82) is 0 Å². The number of hydrogen-bond acceptors (Lipinski definition) is 3. The lowest BCUT2D eigenvalue weighted by molar-refractivity contribution is 0.373. The van der Waals surface area contributed by atoms with Crippen molar-refractivity contribution in [2.45, 2.75) is 0 Å². The minimum Gasteiger partial charge on any atom is -0.468 e. The van der Waals surface area contributed by atoms with Crippen molar-refractivity contribution in [2.24, 2.45) is 0 Å². The summed E-state index contributed by atoms with van der Waals surface area (Å²) in [5.41, 5.74) is 0.830. The standard InChI is InChI=1S/C7H5BrClN3O/c1-13-7-11-6(9)5(8)4-2-10-3-12(4)7/h2-3H,1H3. The lowest BCUT2D eigenvalue weighted by Gasteiger charge is -2.04. The van der Waals surface area contributed by atoms with Crippen LogP contribution in [-0.4, -0.2) is 21.5 Å². The Kier molecular flexibility index (Phi) is 2.13. The van der Waals surface area contributed by atoms with Crippen LogP contribution in [0.4, 0.5) is 0 Å². The van der Waals surface area contributed by atoms with E-state index in [1.807, 2.05) is 0 Å². The highest BCUT2D eigenvalue weighted by molar-refractivity contribution is 9.10. The van der Waals surface area contributed by atoms with Crippen LogP contribution in [0.5, 0.6) is 6.01 Å². The average molecular weight is 262 g/mol. The highest BCUT2D eigenvalue weighted by atomic mass is 79.9. The zero-order valence-corrected chi connectivity index (χ0v) is 9.00. The zero-order chi connectivity index (χ0) is 9.42. The molecule has 0 aromatic carbocycles. The van der Waals surface area contributed by atoms with E-state index in [4.69, 9.17) is 16.3 Å². The lowest BCUT2D eigenvalue weighted by atomic mass is 10.5. The average Bonchev–Trinajstić information content (AvgIpc) is 2.60. The molecule has 0 atom stereocenters. The quantitative estimate of drug-likeness (QED) is 0.739. The van der Waals surface area contributed by atoms with Crippen molar-refractivity contribution < 1.29 is 4.74 Å². The number of imidazole rings is 1. The van der Waals surface area contributed by atoms with Crippen LogP contribution in [0.1, 0.15) is 0 Å². The molecule has 0 N–H and O–H groups in total. The van der Waals surface area contributed by atoms with Crippen LogP contribution < -0.4 is 4.74 Å². The Morgan fingerprint density at radius 3 is 3.08 bits per heavy atom. The first-order valence-electron chi connectivity index (χ1n) is 3.45. The molecule has 2 rings (SSSR count). The molecule has 4 nitrogen and oxygen atoms in total. The van der Waals surface area contributed by atoms with Crippen LogP contribution >= 0.6 is 27.5 Å². The van der Waals surface area contributed by atoms with Crippen LogP contribution in [0.2, 0.25) is 5.15 Å². The minimum atomic E-state index is 0.366. The summed E-state index contributed by atoms with van der Waals surface area (Å²) in [6.45, 7) is 0. The summed E-state index contributed by atoms with van der Waals surface area (Å²) >= 11 is 9.16. The van der Waals surface area contributed by atoms with Gasteiger partial charge in [0.1, 0.15) is 6.33 Å². The zero-order valence-electron chi connectivity index (χ0n) is 6.66. The van der Waals surface area contributed by atoms with E-state index in [0.29, 0.717) is 15.6 Å². The van der Waals surface area contributed by atoms with Gasteiger partial charge in [-0.05, 0) is 15.9 Å². The van der Waals surface area contributed by atoms with Gasteiger partial charge in [-0.3, -0.25) is 4.40 Å². The van der Waals surface area contributed by atoms with Crippen LogP contribution in [-0.2, 0) is 0 Å². The monoisotopic (exact) mass is 261 g/mol. The first kappa shape index (κ1) is 8.77. The van der Waals surface area contributed by atoms with Gasteiger partial charge in [-0.1, -0.05) is 11.6 Å². The second-order valence-electron chi connectivity index (χ2n) is 2.35. The highest BCUT2D eigenvalue weighted by Gasteiger charge is 2.10. The SMILES string of the molecule is COc1nc(Cl)c(Br)c2cncn12. The second kappa shape index (κ2) is 3.16. The van der Waals surface area contributed by atoms with Crippen molar-refractivity contribution in [3.05, 3.63) is 22.1 Å². The Bertz CT molecular complexity index is 456. The molecule has 0 aliphatic heterocycles. The Labute approximate surface area is 87.6 Å². The number of fused-ring (bicyclic) bond motifs is 1. The van der Waals surface area contributed by atoms with Gasteiger partial charge in [0.2, 0.25) is 0 Å². The normalized spacial score (nSPS) is 10.7. The molecule has 0 aliphatic carbocycles. The largest absolute Gasteiger partial charge is 0.468 e. The molecule has 0 radical (unpaired) electrons. The maximum absolute atomic E-state index is 5.85. The summed E-state index contributed by atoms with van der Waals surface area (Å²) in [4.78, 5) is 7.98. The lowest BCUT2D eigenvalue weighted by Crippen LogP contribution is -1.97. The van der Waals surface area contributed by atoms with Crippen molar-refractivity contribution in [2.75, 3.05) is 7.11 Å². The van der Waals surface area contributed by atoms with E-state index >= 15 is 0 Å². The van der Waals surface area contributed by atoms with E-state index in [2.05, 4.69) is 25.9 Å². The molecule has 68 valence electrons. The predicted molar refractivity (Wildman–Crippen MR) is 52.2 cm³/mol. The molecule has 2 aromatic rings. The number of rotatable bonds is 1. The van der Waals surface area contributed by atoms with Gasteiger partial charge in [0.05, 0.1) is 23.3 Å². The van der Waals surface area contributed by atoms with E-state index in [1.54, 1.807) is 16.9 Å². The van der Waals surface area contributed by atoms with Gasteiger partial charge in [-0.15, -0.1) is 0 Å². The van der Waals surface area contributed by atoms with E-state index in [0.717, 1.165) is 5.52 Å². The van der Waals surface area contributed by atoms with Gasteiger partial charge in [0.25, 0.3) is 0 Å².